The maximum absolute atomic E-state index is 13.8. The van der Waals surface area contributed by atoms with E-state index < -0.39 is 0 Å². The van der Waals surface area contributed by atoms with Gasteiger partial charge in [-0.3, -0.25) is 0 Å². The number of benzene rings is 2. The van der Waals surface area contributed by atoms with Crippen LogP contribution in [-0.2, 0) is 13.2 Å². The van der Waals surface area contributed by atoms with Crippen molar-refractivity contribution in [3.05, 3.63) is 71.0 Å². The highest BCUT2D eigenvalue weighted by Gasteiger charge is 2.12. The van der Waals surface area contributed by atoms with E-state index in [0.29, 0.717) is 12.1 Å². The normalized spacial score (nSPS) is 12.3. The van der Waals surface area contributed by atoms with Crippen molar-refractivity contribution in [2.45, 2.75) is 32.5 Å². The first-order valence-corrected chi connectivity index (χ1v) is 6.91. The van der Waals surface area contributed by atoms with Gasteiger partial charge in [0.15, 0.2) is 0 Å². The smallest absolute Gasteiger partial charge is 0.127 e. The maximum atomic E-state index is 13.8. The minimum absolute atomic E-state index is 0.00557. The number of rotatable bonds is 6. The summed E-state index contributed by atoms with van der Waals surface area (Å²) < 4.78 is 13.8. The van der Waals surface area contributed by atoms with Crippen molar-refractivity contribution in [2.24, 2.45) is 0 Å². The molecule has 20 heavy (non-hydrogen) atoms. The van der Waals surface area contributed by atoms with E-state index in [4.69, 9.17) is 5.11 Å². The zero-order chi connectivity index (χ0) is 14.4. The van der Waals surface area contributed by atoms with Crippen molar-refractivity contribution in [2.75, 3.05) is 0 Å². The molecule has 0 aliphatic rings. The fraction of sp³-hybridized carbons (Fsp3) is 0.294. The first kappa shape index (κ1) is 14.7. The van der Waals surface area contributed by atoms with Gasteiger partial charge >= 0.3 is 0 Å². The molecular formula is C17H20FNO. The minimum Gasteiger partial charge on any atom is -0.392 e. The van der Waals surface area contributed by atoms with Gasteiger partial charge in [0, 0.05) is 18.2 Å². The van der Waals surface area contributed by atoms with Crippen LogP contribution in [0.3, 0.4) is 0 Å². The van der Waals surface area contributed by atoms with E-state index in [9.17, 15) is 4.39 Å². The molecule has 0 saturated heterocycles. The van der Waals surface area contributed by atoms with Gasteiger partial charge in [0.25, 0.3) is 0 Å². The first-order chi connectivity index (χ1) is 9.74. The van der Waals surface area contributed by atoms with Crippen LogP contribution < -0.4 is 5.32 Å². The molecule has 0 aromatic heterocycles. The highest BCUT2D eigenvalue weighted by atomic mass is 19.1. The second kappa shape index (κ2) is 7.17. The third kappa shape index (κ3) is 3.65. The first-order valence-electron chi connectivity index (χ1n) is 6.91. The molecule has 1 atom stereocenters. The predicted octanol–water partition coefficient (Wildman–Crippen LogP) is 3.56. The number of hydrogen-bond donors (Lipinski definition) is 2. The van der Waals surface area contributed by atoms with Crippen LogP contribution in [0.5, 0.6) is 0 Å². The van der Waals surface area contributed by atoms with Crippen LogP contribution in [0.1, 0.15) is 36.1 Å². The van der Waals surface area contributed by atoms with E-state index in [1.165, 1.54) is 6.07 Å². The molecule has 2 aromatic carbocycles. The van der Waals surface area contributed by atoms with Crippen LogP contribution >= 0.6 is 0 Å². The molecule has 2 rings (SSSR count). The van der Waals surface area contributed by atoms with Crippen LogP contribution in [0.4, 0.5) is 4.39 Å². The number of hydrogen-bond acceptors (Lipinski definition) is 2. The lowest BCUT2D eigenvalue weighted by Gasteiger charge is -2.18. The topological polar surface area (TPSA) is 32.3 Å². The molecule has 2 N–H and O–H groups in total. The average molecular weight is 273 g/mol. The Morgan fingerprint density at radius 1 is 1.10 bits per heavy atom. The lowest BCUT2D eigenvalue weighted by atomic mass is 10.0. The van der Waals surface area contributed by atoms with Crippen LogP contribution in [0.15, 0.2) is 48.5 Å². The van der Waals surface area contributed by atoms with Gasteiger partial charge in [0.2, 0.25) is 0 Å². The predicted molar refractivity (Wildman–Crippen MR) is 78.6 cm³/mol. The molecule has 0 aliphatic heterocycles. The molecule has 0 heterocycles. The number of halogens is 1. The van der Waals surface area contributed by atoms with Crippen molar-refractivity contribution in [1.82, 2.24) is 5.32 Å². The molecule has 0 radical (unpaired) electrons. The van der Waals surface area contributed by atoms with Crippen molar-refractivity contribution >= 4 is 0 Å². The Bertz CT molecular complexity index is 556. The van der Waals surface area contributed by atoms with E-state index >= 15 is 0 Å². The van der Waals surface area contributed by atoms with Crippen molar-refractivity contribution in [1.29, 1.82) is 0 Å². The molecular weight excluding hydrogens is 253 g/mol. The molecule has 2 aromatic rings. The zero-order valence-corrected chi connectivity index (χ0v) is 11.6. The molecule has 1 unspecified atom stereocenters. The van der Waals surface area contributed by atoms with E-state index in [0.717, 1.165) is 17.5 Å². The Hall–Kier alpha value is -1.71. The lowest BCUT2D eigenvalue weighted by Crippen LogP contribution is -2.21. The van der Waals surface area contributed by atoms with E-state index in [1.807, 2.05) is 43.3 Å². The standard InChI is InChI=1S/C17H20FNO/c1-2-17(15-8-3-4-9-16(15)18)19-11-13-6-5-7-14(10-13)12-20/h3-10,17,19-20H,2,11-12H2,1H3. The molecule has 2 nitrogen and oxygen atoms in total. The average Bonchev–Trinajstić information content (AvgIpc) is 2.49. The molecule has 3 heteroatoms. The molecule has 106 valence electrons. The molecule has 0 amide bonds. The highest BCUT2D eigenvalue weighted by Crippen LogP contribution is 2.20. The van der Waals surface area contributed by atoms with Crippen LogP contribution in [0.2, 0.25) is 0 Å². The van der Waals surface area contributed by atoms with Gasteiger partial charge in [-0.2, -0.15) is 0 Å². The molecule has 0 aliphatic carbocycles. The Kier molecular flexibility index (Phi) is 5.27. The number of aliphatic hydroxyl groups excluding tert-OH is 1. The Morgan fingerprint density at radius 2 is 1.85 bits per heavy atom. The van der Waals surface area contributed by atoms with E-state index in [1.54, 1.807) is 6.07 Å². The summed E-state index contributed by atoms with van der Waals surface area (Å²) >= 11 is 0. The summed E-state index contributed by atoms with van der Waals surface area (Å²) in [7, 11) is 0. The van der Waals surface area contributed by atoms with Gasteiger partial charge < -0.3 is 10.4 Å². The maximum Gasteiger partial charge on any atom is 0.127 e. The summed E-state index contributed by atoms with van der Waals surface area (Å²) in [5, 5.41) is 12.5. The van der Waals surface area contributed by atoms with E-state index in [2.05, 4.69) is 5.32 Å². The summed E-state index contributed by atoms with van der Waals surface area (Å²) in [6.45, 7) is 2.73. The molecule has 0 fully saturated rings. The second-order valence-corrected chi connectivity index (χ2v) is 4.84. The molecule has 0 spiro atoms. The zero-order valence-electron chi connectivity index (χ0n) is 11.6. The van der Waals surface area contributed by atoms with Crippen LogP contribution in [0.25, 0.3) is 0 Å². The Morgan fingerprint density at radius 3 is 2.55 bits per heavy atom. The summed E-state index contributed by atoms with van der Waals surface area (Å²) in [4.78, 5) is 0. The van der Waals surface area contributed by atoms with Crippen molar-refractivity contribution in [3.63, 3.8) is 0 Å². The SMILES string of the molecule is CCC(NCc1cccc(CO)c1)c1ccccc1F. The number of nitrogens with one attached hydrogen (secondary N) is 1. The Balaban J connectivity index is 2.06. The summed E-state index contributed by atoms with van der Waals surface area (Å²) in [6, 6.07) is 14.6. The van der Waals surface area contributed by atoms with Gasteiger partial charge in [-0.1, -0.05) is 49.4 Å². The van der Waals surface area contributed by atoms with E-state index in [-0.39, 0.29) is 18.5 Å². The Labute approximate surface area is 119 Å². The van der Waals surface area contributed by atoms with Gasteiger partial charge in [0.05, 0.1) is 6.61 Å². The van der Waals surface area contributed by atoms with Crippen LogP contribution in [0, 0.1) is 5.82 Å². The van der Waals surface area contributed by atoms with Gasteiger partial charge in [0.1, 0.15) is 5.82 Å². The minimum atomic E-state index is -0.170. The monoisotopic (exact) mass is 273 g/mol. The highest BCUT2D eigenvalue weighted by molar-refractivity contribution is 5.24. The largest absolute Gasteiger partial charge is 0.392 e. The third-order valence-corrected chi connectivity index (χ3v) is 3.42. The van der Waals surface area contributed by atoms with Crippen molar-refractivity contribution < 1.29 is 9.50 Å². The summed E-state index contributed by atoms with van der Waals surface area (Å²) in [5.74, 6) is -0.170. The summed E-state index contributed by atoms with van der Waals surface area (Å²) in [5.41, 5.74) is 2.68. The van der Waals surface area contributed by atoms with Crippen LogP contribution in [-0.4, -0.2) is 5.11 Å². The fourth-order valence-electron chi connectivity index (χ4n) is 2.31. The van der Waals surface area contributed by atoms with Gasteiger partial charge in [-0.15, -0.1) is 0 Å². The fourth-order valence-corrected chi connectivity index (χ4v) is 2.31. The van der Waals surface area contributed by atoms with Crippen molar-refractivity contribution in [3.8, 4) is 0 Å². The molecule has 0 bridgehead atoms. The molecule has 0 saturated carbocycles. The quantitative estimate of drug-likeness (QED) is 0.843. The third-order valence-electron chi connectivity index (χ3n) is 3.42. The lowest BCUT2D eigenvalue weighted by molar-refractivity contribution is 0.281. The second-order valence-electron chi connectivity index (χ2n) is 4.84. The van der Waals surface area contributed by atoms with Gasteiger partial charge in [-0.25, -0.2) is 4.39 Å². The summed E-state index contributed by atoms with van der Waals surface area (Å²) in [6.07, 6.45) is 0.820. The number of aliphatic hydroxyl groups is 1. The van der Waals surface area contributed by atoms with Gasteiger partial charge in [-0.05, 0) is 23.6 Å².